The first-order chi connectivity index (χ1) is 4.69. The summed E-state index contributed by atoms with van der Waals surface area (Å²) < 4.78 is 0. The van der Waals surface area contributed by atoms with E-state index in [1.54, 1.807) is 0 Å². The van der Waals surface area contributed by atoms with Crippen LogP contribution in [0.2, 0.25) is 0 Å². The number of hydrogen-bond donors (Lipinski definition) is 3. The zero-order chi connectivity index (χ0) is 7.61. The van der Waals surface area contributed by atoms with Crippen LogP contribution in [0.25, 0.3) is 0 Å². The van der Waals surface area contributed by atoms with Gasteiger partial charge in [-0.1, -0.05) is 31.2 Å². The lowest BCUT2D eigenvalue weighted by Gasteiger charge is -2.31. The highest BCUT2D eigenvalue weighted by atomic mass is 14.8. The molecule has 0 aromatic rings. The Morgan fingerprint density at radius 1 is 1.45 bits per heavy atom. The molecular weight excluding hydrogens is 138 g/mol. The minimum absolute atomic E-state index is 0. The van der Waals surface area contributed by atoms with Crippen LogP contribution in [0.3, 0.4) is 0 Å². The minimum atomic E-state index is -0.311. The molecule has 11 heavy (non-hydrogen) atoms. The van der Waals surface area contributed by atoms with Gasteiger partial charge >= 0.3 is 0 Å². The molecule has 2 atom stereocenters. The minimum Gasteiger partial charge on any atom is -0.344 e. The smallest absolute Gasteiger partial charge is 0.0529 e. The Kier molecular flexibility index (Phi) is 3.45. The summed E-state index contributed by atoms with van der Waals surface area (Å²) in [5, 5.41) is 0. The molecule has 1 aliphatic rings. The van der Waals surface area contributed by atoms with Crippen LogP contribution < -0.4 is 17.6 Å². The Hall–Kier alpha value is -0.640. The molecule has 0 bridgehead atoms. The van der Waals surface area contributed by atoms with Gasteiger partial charge in [0.1, 0.15) is 0 Å². The lowest BCUT2D eigenvalue weighted by molar-refractivity contribution is 0.455. The second-order valence-corrected chi connectivity index (χ2v) is 2.74. The van der Waals surface area contributed by atoms with E-state index in [4.69, 9.17) is 11.5 Å². The van der Waals surface area contributed by atoms with E-state index in [1.165, 1.54) is 0 Å². The van der Waals surface area contributed by atoms with Crippen LogP contribution in [0, 0.1) is 0 Å². The molecule has 0 saturated carbocycles. The van der Waals surface area contributed by atoms with Gasteiger partial charge in [0.25, 0.3) is 0 Å². The zero-order valence-electron chi connectivity index (χ0n) is 6.96. The molecule has 0 amide bonds. The number of hydrogen-bond acceptors (Lipinski definition) is 3. The summed E-state index contributed by atoms with van der Waals surface area (Å²) in [7, 11) is 0. The van der Waals surface area contributed by atoms with Crippen molar-refractivity contribution in [2.45, 2.75) is 24.9 Å². The molecule has 1 rings (SSSR count). The fourth-order valence-corrected chi connectivity index (χ4v) is 1.06. The first-order valence-electron chi connectivity index (χ1n) is 3.59. The van der Waals surface area contributed by atoms with E-state index < -0.39 is 0 Å². The fraction of sp³-hybridized carbons (Fsp3) is 0.500. The number of nitrogens with two attached hydrogens (primary N) is 2. The van der Waals surface area contributed by atoms with Crippen LogP contribution in [-0.4, -0.2) is 11.6 Å². The van der Waals surface area contributed by atoms with E-state index in [2.05, 4.69) is 0 Å². The van der Waals surface area contributed by atoms with E-state index in [0.29, 0.717) is 0 Å². The molecule has 1 aliphatic carbocycles. The summed E-state index contributed by atoms with van der Waals surface area (Å²) in [6, 6.07) is -0.0255. The van der Waals surface area contributed by atoms with Crippen molar-refractivity contribution >= 4 is 0 Å². The third-order valence-corrected chi connectivity index (χ3v) is 2.07. The van der Waals surface area contributed by atoms with Crippen LogP contribution >= 0.6 is 0 Å². The number of rotatable bonds is 1. The SMILES string of the molecule is CCC1(N)C=CC=CC1N.N. The standard InChI is InChI=1S/C8H14N2.H3N/c1-2-8(10)6-4-3-5-7(8)9;/h3-7H,2,9-10H2,1H3;1H3. The van der Waals surface area contributed by atoms with E-state index in [9.17, 15) is 0 Å². The molecule has 0 heterocycles. The largest absolute Gasteiger partial charge is 0.344 e. The predicted molar refractivity (Wildman–Crippen MR) is 48.5 cm³/mol. The third kappa shape index (κ3) is 1.89. The van der Waals surface area contributed by atoms with Gasteiger partial charge in [-0.2, -0.15) is 0 Å². The van der Waals surface area contributed by atoms with Crippen molar-refractivity contribution in [2.75, 3.05) is 0 Å². The van der Waals surface area contributed by atoms with Crippen LogP contribution in [0.15, 0.2) is 24.3 Å². The third-order valence-electron chi connectivity index (χ3n) is 2.07. The Balaban J connectivity index is 0.000001000. The molecule has 0 fully saturated rings. The lowest BCUT2D eigenvalue weighted by Crippen LogP contribution is -2.53. The summed E-state index contributed by atoms with van der Waals surface area (Å²) in [4.78, 5) is 0. The average molecular weight is 155 g/mol. The van der Waals surface area contributed by atoms with Crippen molar-refractivity contribution in [3.05, 3.63) is 24.3 Å². The lowest BCUT2D eigenvalue weighted by atomic mass is 9.86. The second-order valence-electron chi connectivity index (χ2n) is 2.74. The molecule has 64 valence electrons. The van der Waals surface area contributed by atoms with Gasteiger partial charge in [-0.25, -0.2) is 0 Å². The maximum absolute atomic E-state index is 5.94. The Bertz CT molecular complexity index is 174. The Morgan fingerprint density at radius 2 is 2.09 bits per heavy atom. The maximum Gasteiger partial charge on any atom is 0.0529 e. The Morgan fingerprint density at radius 3 is 2.45 bits per heavy atom. The molecule has 7 N–H and O–H groups in total. The van der Waals surface area contributed by atoms with Gasteiger partial charge in [0.2, 0.25) is 0 Å². The second kappa shape index (κ2) is 3.67. The molecular formula is C8H17N3. The monoisotopic (exact) mass is 155 g/mol. The highest BCUT2D eigenvalue weighted by molar-refractivity contribution is 5.25. The molecule has 0 saturated heterocycles. The molecule has 3 nitrogen and oxygen atoms in total. The van der Waals surface area contributed by atoms with E-state index in [-0.39, 0.29) is 17.7 Å². The first-order valence-corrected chi connectivity index (χ1v) is 3.59. The predicted octanol–water partition coefficient (Wildman–Crippen LogP) is 0.709. The van der Waals surface area contributed by atoms with E-state index >= 15 is 0 Å². The van der Waals surface area contributed by atoms with Crippen LogP contribution in [-0.2, 0) is 0 Å². The van der Waals surface area contributed by atoms with Crippen molar-refractivity contribution < 1.29 is 0 Å². The van der Waals surface area contributed by atoms with Crippen molar-refractivity contribution in [1.82, 2.24) is 6.15 Å². The molecule has 0 aromatic carbocycles. The van der Waals surface area contributed by atoms with E-state index in [0.717, 1.165) is 6.42 Å². The van der Waals surface area contributed by atoms with Crippen molar-refractivity contribution in [3.8, 4) is 0 Å². The van der Waals surface area contributed by atoms with Crippen LogP contribution in [0.5, 0.6) is 0 Å². The normalized spacial score (nSPS) is 35.0. The molecule has 3 heteroatoms. The first kappa shape index (κ1) is 10.4. The van der Waals surface area contributed by atoms with E-state index in [1.807, 2.05) is 31.2 Å². The molecule has 0 aliphatic heterocycles. The molecule has 2 unspecified atom stereocenters. The zero-order valence-corrected chi connectivity index (χ0v) is 6.96. The van der Waals surface area contributed by atoms with Crippen LogP contribution in [0.1, 0.15) is 13.3 Å². The molecule has 0 aromatic heterocycles. The fourth-order valence-electron chi connectivity index (χ4n) is 1.06. The van der Waals surface area contributed by atoms with Gasteiger partial charge in [0, 0.05) is 6.04 Å². The van der Waals surface area contributed by atoms with Crippen molar-refractivity contribution in [1.29, 1.82) is 0 Å². The summed E-state index contributed by atoms with van der Waals surface area (Å²) in [6.45, 7) is 2.04. The quantitative estimate of drug-likeness (QED) is 0.521. The average Bonchev–Trinajstić information content (AvgIpc) is 1.96. The van der Waals surface area contributed by atoms with Gasteiger partial charge in [0.15, 0.2) is 0 Å². The molecule has 0 radical (unpaired) electrons. The van der Waals surface area contributed by atoms with Gasteiger partial charge in [-0.15, -0.1) is 0 Å². The highest BCUT2D eigenvalue weighted by Gasteiger charge is 2.26. The van der Waals surface area contributed by atoms with Gasteiger partial charge in [-0.3, -0.25) is 0 Å². The topological polar surface area (TPSA) is 87.0 Å². The summed E-state index contributed by atoms with van der Waals surface area (Å²) in [6.07, 6.45) is 8.68. The maximum atomic E-state index is 5.94. The molecule has 0 spiro atoms. The van der Waals surface area contributed by atoms with Crippen molar-refractivity contribution in [3.63, 3.8) is 0 Å². The summed E-state index contributed by atoms with van der Waals surface area (Å²) in [5.41, 5.74) is 11.4. The summed E-state index contributed by atoms with van der Waals surface area (Å²) in [5.74, 6) is 0. The van der Waals surface area contributed by atoms with Gasteiger partial charge < -0.3 is 17.6 Å². The van der Waals surface area contributed by atoms with Crippen LogP contribution in [0.4, 0.5) is 0 Å². The van der Waals surface area contributed by atoms with Gasteiger partial charge in [0.05, 0.1) is 5.54 Å². The Labute approximate surface area is 67.7 Å². The summed E-state index contributed by atoms with van der Waals surface area (Å²) >= 11 is 0. The number of allylic oxidation sites excluding steroid dienone is 2. The van der Waals surface area contributed by atoms with Crippen molar-refractivity contribution in [2.24, 2.45) is 11.5 Å². The highest BCUT2D eigenvalue weighted by Crippen LogP contribution is 2.16. The van der Waals surface area contributed by atoms with Gasteiger partial charge in [-0.05, 0) is 6.42 Å².